The van der Waals surface area contributed by atoms with Crippen molar-refractivity contribution in [3.63, 3.8) is 0 Å². The van der Waals surface area contributed by atoms with E-state index >= 15 is 0 Å². The van der Waals surface area contributed by atoms with Crippen LogP contribution in [0, 0.1) is 34.6 Å². The van der Waals surface area contributed by atoms with Crippen molar-refractivity contribution in [2.24, 2.45) is 0 Å². The number of benzene rings is 4. The molecule has 0 saturated heterocycles. The molecule has 1 aliphatic rings. The van der Waals surface area contributed by atoms with Crippen molar-refractivity contribution >= 4 is 0 Å². The van der Waals surface area contributed by atoms with Gasteiger partial charge in [-0.1, -0.05) is 72.8 Å². The standard InChI is InChI=1S/C31H30O/c1-19-15-24(16-20(2)23(19)5)31(25-17-21(3)30(32-6)22(4)18-25)28-13-9-7-11-26(28)27-12-8-10-14-29(27)31/h7-18H,1-6H3. The fourth-order valence-electron chi connectivity index (χ4n) is 5.76. The first-order chi connectivity index (χ1) is 15.4. The Bertz CT molecular complexity index is 1270. The highest BCUT2D eigenvalue weighted by Gasteiger charge is 2.46. The maximum Gasteiger partial charge on any atom is 0.124 e. The highest BCUT2D eigenvalue weighted by Crippen LogP contribution is 2.56. The lowest BCUT2D eigenvalue weighted by Crippen LogP contribution is -2.29. The lowest BCUT2D eigenvalue weighted by Gasteiger charge is -2.35. The van der Waals surface area contributed by atoms with Crippen LogP contribution in [0.4, 0.5) is 0 Å². The number of hydrogen-bond acceptors (Lipinski definition) is 1. The Balaban J connectivity index is 1.98. The van der Waals surface area contributed by atoms with Crippen molar-refractivity contribution < 1.29 is 4.74 Å². The molecule has 0 radical (unpaired) electrons. The fourth-order valence-corrected chi connectivity index (χ4v) is 5.76. The summed E-state index contributed by atoms with van der Waals surface area (Å²) in [6, 6.07) is 27.3. The van der Waals surface area contributed by atoms with Gasteiger partial charge in [-0.25, -0.2) is 0 Å². The third kappa shape index (κ3) is 2.70. The molecule has 0 aromatic heterocycles. The molecule has 1 nitrogen and oxygen atoms in total. The summed E-state index contributed by atoms with van der Waals surface area (Å²) in [6.45, 7) is 11.0. The number of aryl methyl sites for hydroxylation is 4. The van der Waals surface area contributed by atoms with E-state index in [9.17, 15) is 0 Å². The monoisotopic (exact) mass is 418 g/mol. The van der Waals surface area contributed by atoms with Gasteiger partial charge in [-0.2, -0.15) is 0 Å². The van der Waals surface area contributed by atoms with E-state index in [0.717, 1.165) is 5.75 Å². The molecule has 160 valence electrons. The number of methoxy groups -OCH3 is 1. The maximum absolute atomic E-state index is 5.72. The largest absolute Gasteiger partial charge is 0.496 e. The summed E-state index contributed by atoms with van der Waals surface area (Å²) in [5.41, 5.74) is 14.0. The molecule has 0 atom stereocenters. The van der Waals surface area contributed by atoms with Gasteiger partial charge in [0.05, 0.1) is 12.5 Å². The summed E-state index contributed by atoms with van der Waals surface area (Å²) in [4.78, 5) is 0. The van der Waals surface area contributed by atoms with E-state index in [2.05, 4.69) is 107 Å². The average Bonchev–Trinajstić information content (AvgIpc) is 3.08. The molecule has 0 bridgehead atoms. The van der Waals surface area contributed by atoms with Gasteiger partial charge in [-0.15, -0.1) is 0 Å². The molecular weight excluding hydrogens is 388 g/mol. The van der Waals surface area contributed by atoms with Crippen molar-refractivity contribution in [1.29, 1.82) is 0 Å². The summed E-state index contributed by atoms with van der Waals surface area (Å²) >= 11 is 0. The van der Waals surface area contributed by atoms with E-state index in [4.69, 9.17) is 4.74 Å². The number of ether oxygens (including phenoxy) is 1. The van der Waals surface area contributed by atoms with E-state index in [1.165, 1.54) is 61.2 Å². The van der Waals surface area contributed by atoms with E-state index < -0.39 is 0 Å². The lowest BCUT2D eigenvalue weighted by atomic mass is 9.66. The fraction of sp³-hybridized carbons (Fsp3) is 0.226. The molecule has 0 spiro atoms. The number of rotatable bonds is 3. The minimum atomic E-state index is -0.363. The molecule has 0 heterocycles. The third-order valence-electron chi connectivity index (χ3n) is 7.41. The molecule has 0 amide bonds. The van der Waals surface area contributed by atoms with Crippen LogP contribution in [-0.2, 0) is 5.41 Å². The van der Waals surface area contributed by atoms with Crippen LogP contribution in [0.3, 0.4) is 0 Å². The Morgan fingerprint density at radius 3 is 1.41 bits per heavy atom. The second-order valence-corrected chi connectivity index (χ2v) is 9.22. The van der Waals surface area contributed by atoms with Gasteiger partial charge in [-0.05, 0) is 95.8 Å². The van der Waals surface area contributed by atoms with Gasteiger partial charge >= 0.3 is 0 Å². The van der Waals surface area contributed by atoms with Gasteiger partial charge < -0.3 is 4.74 Å². The molecule has 0 aliphatic heterocycles. The molecule has 1 heteroatoms. The summed E-state index contributed by atoms with van der Waals surface area (Å²) in [5, 5.41) is 0. The summed E-state index contributed by atoms with van der Waals surface area (Å²) in [5.74, 6) is 0.972. The lowest BCUT2D eigenvalue weighted by molar-refractivity contribution is 0.408. The first-order valence-electron chi connectivity index (χ1n) is 11.3. The van der Waals surface area contributed by atoms with Gasteiger partial charge in [0.25, 0.3) is 0 Å². The highest BCUT2D eigenvalue weighted by molar-refractivity contribution is 5.86. The van der Waals surface area contributed by atoms with Crippen LogP contribution in [0.15, 0.2) is 72.8 Å². The average molecular weight is 419 g/mol. The van der Waals surface area contributed by atoms with E-state index in [1.807, 2.05) is 0 Å². The zero-order valence-electron chi connectivity index (χ0n) is 19.8. The van der Waals surface area contributed by atoms with Gasteiger partial charge in [0.15, 0.2) is 0 Å². The molecule has 0 saturated carbocycles. The van der Waals surface area contributed by atoms with Crippen molar-refractivity contribution in [3.8, 4) is 16.9 Å². The highest BCUT2D eigenvalue weighted by atomic mass is 16.5. The third-order valence-corrected chi connectivity index (χ3v) is 7.41. The molecule has 0 N–H and O–H groups in total. The van der Waals surface area contributed by atoms with Crippen LogP contribution in [0.25, 0.3) is 11.1 Å². The zero-order valence-corrected chi connectivity index (χ0v) is 19.8. The van der Waals surface area contributed by atoms with E-state index in [-0.39, 0.29) is 5.41 Å². The normalized spacial score (nSPS) is 13.6. The molecule has 0 unspecified atom stereocenters. The maximum atomic E-state index is 5.72. The Labute approximate surface area is 191 Å². The van der Waals surface area contributed by atoms with Crippen molar-refractivity contribution in [3.05, 3.63) is 123 Å². The zero-order chi connectivity index (χ0) is 22.6. The van der Waals surface area contributed by atoms with Crippen molar-refractivity contribution in [2.75, 3.05) is 7.11 Å². The molecule has 5 rings (SSSR count). The summed E-state index contributed by atoms with van der Waals surface area (Å²) in [6.07, 6.45) is 0. The second kappa shape index (κ2) is 7.38. The molecule has 1 aliphatic carbocycles. The first-order valence-corrected chi connectivity index (χ1v) is 11.3. The number of fused-ring (bicyclic) bond motifs is 3. The van der Waals surface area contributed by atoms with Gasteiger partial charge in [0, 0.05) is 0 Å². The Hall–Kier alpha value is -3.32. The van der Waals surface area contributed by atoms with E-state index in [1.54, 1.807) is 7.11 Å². The predicted octanol–water partition coefficient (Wildman–Crippen LogP) is 7.60. The van der Waals surface area contributed by atoms with Crippen molar-refractivity contribution in [1.82, 2.24) is 0 Å². The van der Waals surface area contributed by atoms with Crippen molar-refractivity contribution in [2.45, 2.75) is 40.0 Å². The predicted molar refractivity (Wildman–Crippen MR) is 134 cm³/mol. The summed E-state index contributed by atoms with van der Waals surface area (Å²) < 4.78 is 5.72. The quantitative estimate of drug-likeness (QED) is 0.293. The Morgan fingerprint density at radius 1 is 0.562 bits per heavy atom. The molecular formula is C31H30O. The minimum Gasteiger partial charge on any atom is -0.496 e. The van der Waals surface area contributed by atoms with Crippen LogP contribution < -0.4 is 4.74 Å². The topological polar surface area (TPSA) is 9.23 Å². The Morgan fingerprint density at radius 2 is 0.969 bits per heavy atom. The molecule has 32 heavy (non-hydrogen) atoms. The second-order valence-electron chi connectivity index (χ2n) is 9.22. The van der Waals surface area contributed by atoms with Crippen LogP contribution in [0.2, 0.25) is 0 Å². The van der Waals surface area contributed by atoms with Crippen LogP contribution in [0.5, 0.6) is 5.75 Å². The van der Waals surface area contributed by atoms with Crippen LogP contribution in [-0.4, -0.2) is 7.11 Å². The summed E-state index contributed by atoms with van der Waals surface area (Å²) in [7, 11) is 1.76. The smallest absolute Gasteiger partial charge is 0.124 e. The molecule has 4 aromatic carbocycles. The minimum absolute atomic E-state index is 0.363. The molecule has 0 fully saturated rings. The Kier molecular flexibility index (Phi) is 4.74. The van der Waals surface area contributed by atoms with Gasteiger partial charge in [-0.3, -0.25) is 0 Å². The first kappa shape index (κ1) is 20.6. The van der Waals surface area contributed by atoms with Crippen LogP contribution >= 0.6 is 0 Å². The van der Waals surface area contributed by atoms with E-state index in [0.29, 0.717) is 0 Å². The molecule has 4 aromatic rings. The number of hydrogen-bond donors (Lipinski definition) is 0. The van der Waals surface area contributed by atoms with Gasteiger partial charge in [0.2, 0.25) is 0 Å². The SMILES string of the molecule is COc1c(C)cc(C2(c3cc(C)c(C)c(C)c3)c3ccccc3-c3ccccc32)cc1C. The van der Waals surface area contributed by atoms with Crippen LogP contribution in [0.1, 0.15) is 50.1 Å². The van der Waals surface area contributed by atoms with Gasteiger partial charge in [0.1, 0.15) is 5.75 Å².